The maximum atomic E-state index is 13.4. The number of aromatic nitrogens is 2. The predicted molar refractivity (Wildman–Crippen MR) is 76.0 cm³/mol. The summed E-state index contributed by atoms with van der Waals surface area (Å²) < 4.78 is 15.1. The predicted octanol–water partition coefficient (Wildman–Crippen LogP) is 2.26. The first-order valence-electron chi connectivity index (χ1n) is 5.66. The second kappa shape index (κ2) is 5.52. The summed E-state index contributed by atoms with van der Waals surface area (Å²) in [6, 6.07) is 6.22. The van der Waals surface area contributed by atoms with Gasteiger partial charge in [0.2, 0.25) is 0 Å². The molecule has 0 amide bonds. The minimum Gasteiger partial charge on any atom is -0.376 e. The number of rotatable bonds is 3. The molecular weight excluding hydrogens is 313 g/mol. The highest BCUT2D eigenvalue weighted by atomic mass is 79.9. The van der Waals surface area contributed by atoms with Gasteiger partial charge >= 0.3 is 0 Å². The van der Waals surface area contributed by atoms with Gasteiger partial charge in [-0.15, -0.1) is 0 Å². The van der Waals surface area contributed by atoms with Gasteiger partial charge in [0.15, 0.2) is 0 Å². The Bertz CT molecular complexity index is 655. The highest BCUT2D eigenvalue weighted by Gasteiger charge is 2.08. The molecule has 0 aliphatic heterocycles. The maximum absolute atomic E-state index is 13.4. The van der Waals surface area contributed by atoms with Crippen molar-refractivity contribution in [1.82, 2.24) is 9.78 Å². The van der Waals surface area contributed by atoms with Crippen LogP contribution in [0.2, 0.25) is 0 Å². The highest BCUT2D eigenvalue weighted by Crippen LogP contribution is 2.20. The van der Waals surface area contributed by atoms with Crippen LogP contribution in [0.3, 0.4) is 0 Å². The van der Waals surface area contributed by atoms with Gasteiger partial charge in [0.25, 0.3) is 5.56 Å². The molecule has 19 heavy (non-hydrogen) atoms. The second-order valence-electron chi connectivity index (χ2n) is 4.32. The van der Waals surface area contributed by atoms with Crippen molar-refractivity contribution in [3.63, 3.8) is 0 Å². The largest absolute Gasteiger partial charge is 0.376 e. The van der Waals surface area contributed by atoms with Crippen LogP contribution < -0.4 is 10.5 Å². The van der Waals surface area contributed by atoms with E-state index >= 15 is 0 Å². The average Bonchev–Trinajstić information content (AvgIpc) is 2.37. The van der Waals surface area contributed by atoms with E-state index in [1.807, 2.05) is 14.1 Å². The molecule has 4 nitrogen and oxygen atoms in total. The molecule has 1 aromatic heterocycles. The Morgan fingerprint density at radius 3 is 2.79 bits per heavy atom. The van der Waals surface area contributed by atoms with Crippen LogP contribution in [-0.2, 0) is 6.54 Å². The van der Waals surface area contributed by atoms with Crippen molar-refractivity contribution < 1.29 is 4.39 Å². The van der Waals surface area contributed by atoms with E-state index in [0.29, 0.717) is 10.0 Å². The Labute approximate surface area is 118 Å². The molecule has 0 bridgehead atoms. The monoisotopic (exact) mass is 325 g/mol. The van der Waals surface area contributed by atoms with Crippen molar-refractivity contribution in [2.45, 2.75) is 6.54 Å². The van der Waals surface area contributed by atoms with Gasteiger partial charge in [0.1, 0.15) is 5.82 Å². The lowest BCUT2D eigenvalue weighted by atomic mass is 10.2. The Morgan fingerprint density at radius 1 is 1.42 bits per heavy atom. The Kier molecular flexibility index (Phi) is 3.99. The molecule has 0 spiro atoms. The van der Waals surface area contributed by atoms with Crippen LogP contribution in [0.1, 0.15) is 5.56 Å². The van der Waals surface area contributed by atoms with Gasteiger partial charge in [-0.2, -0.15) is 5.10 Å². The molecule has 0 aliphatic carbocycles. The van der Waals surface area contributed by atoms with E-state index < -0.39 is 0 Å². The maximum Gasteiger partial charge on any atom is 0.269 e. The van der Waals surface area contributed by atoms with Crippen LogP contribution in [-0.4, -0.2) is 23.9 Å². The van der Waals surface area contributed by atoms with Crippen molar-refractivity contribution in [2.75, 3.05) is 19.0 Å². The first kappa shape index (κ1) is 13.7. The Morgan fingerprint density at radius 2 is 2.16 bits per heavy atom. The fourth-order valence-electron chi connectivity index (χ4n) is 1.62. The summed E-state index contributed by atoms with van der Waals surface area (Å²) >= 11 is 3.17. The number of hydrogen-bond donors (Lipinski definition) is 0. The zero-order valence-corrected chi connectivity index (χ0v) is 12.2. The summed E-state index contributed by atoms with van der Waals surface area (Å²) in [5.74, 6) is -0.351. The molecular formula is C13H13BrFN3O. The molecule has 0 fully saturated rings. The second-order valence-corrected chi connectivity index (χ2v) is 5.11. The zero-order chi connectivity index (χ0) is 14.0. The van der Waals surface area contributed by atoms with E-state index in [2.05, 4.69) is 21.0 Å². The molecule has 1 aromatic carbocycles. The SMILES string of the molecule is CN(C)c1cnn(Cc2cccc(F)c2Br)c(=O)c1. The Hall–Kier alpha value is -1.69. The third kappa shape index (κ3) is 3.01. The number of halogens is 2. The van der Waals surface area contributed by atoms with Crippen molar-refractivity contribution in [3.05, 3.63) is 56.7 Å². The van der Waals surface area contributed by atoms with E-state index in [-0.39, 0.29) is 17.9 Å². The molecule has 0 unspecified atom stereocenters. The molecule has 6 heteroatoms. The van der Waals surface area contributed by atoms with Gasteiger partial charge in [-0.05, 0) is 27.6 Å². The number of hydrogen-bond acceptors (Lipinski definition) is 3. The van der Waals surface area contributed by atoms with Crippen molar-refractivity contribution in [1.29, 1.82) is 0 Å². The molecule has 0 saturated carbocycles. The van der Waals surface area contributed by atoms with Crippen LogP contribution in [0.5, 0.6) is 0 Å². The molecule has 0 radical (unpaired) electrons. The summed E-state index contributed by atoms with van der Waals surface area (Å²) in [7, 11) is 3.67. The van der Waals surface area contributed by atoms with Gasteiger partial charge in [-0.1, -0.05) is 12.1 Å². The van der Waals surface area contributed by atoms with Crippen molar-refractivity contribution in [3.8, 4) is 0 Å². The normalized spacial score (nSPS) is 10.5. The first-order chi connectivity index (χ1) is 8.99. The Balaban J connectivity index is 2.34. The minimum atomic E-state index is -0.351. The van der Waals surface area contributed by atoms with E-state index in [0.717, 1.165) is 5.69 Å². The smallest absolute Gasteiger partial charge is 0.269 e. The summed E-state index contributed by atoms with van der Waals surface area (Å²) in [6.45, 7) is 0.227. The topological polar surface area (TPSA) is 38.1 Å². The van der Waals surface area contributed by atoms with E-state index in [4.69, 9.17) is 0 Å². The van der Waals surface area contributed by atoms with Crippen molar-refractivity contribution in [2.24, 2.45) is 0 Å². The van der Waals surface area contributed by atoms with Crippen LogP contribution in [0.25, 0.3) is 0 Å². The first-order valence-corrected chi connectivity index (χ1v) is 6.45. The third-order valence-electron chi connectivity index (χ3n) is 2.72. The summed E-state index contributed by atoms with van der Waals surface area (Å²) in [6.07, 6.45) is 1.61. The molecule has 1 heterocycles. The van der Waals surface area contributed by atoms with Crippen LogP contribution >= 0.6 is 15.9 Å². The van der Waals surface area contributed by atoms with E-state index in [1.165, 1.54) is 16.8 Å². The van der Waals surface area contributed by atoms with Gasteiger partial charge in [0.05, 0.1) is 22.9 Å². The number of nitrogens with zero attached hydrogens (tertiary/aromatic N) is 3. The average molecular weight is 326 g/mol. The minimum absolute atomic E-state index is 0.220. The van der Waals surface area contributed by atoms with Crippen molar-refractivity contribution >= 4 is 21.6 Å². The van der Waals surface area contributed by atoms with Gasteiger partial charge < -0.3 is 4.90 Å². The summed E-state index contributed by atoms with van der Waals surface area (Å²) in [5, 5.41) is 4.08. The molecule has 0 aliphatic rings. The molecule has 0 atom stereocenters. The molecule has 0 saturated heterocycles. The van der Waals surface area contributed by atoms with E-state index in [1.54, 1.807) is 23.2 Å². The molecule has 2 aromatic rings. The molecule has 100 valence electrons. The van der Waals surface area contributed by atoms with Gasteiger partial charge in [-0.25, -0.2) is 9.07 Å². The highest BCUT2D eigenvalue weighted by molar-refractivity contribution is 9.10. The summed E-state index contributed by atoms with van der Waals surface area (Å²) in [5.41, 5.74) is 1.19. The number of benzene rings is 1. The third-order valence-corrected chi connectivity index (χ3v) is 3.61. The van der Waals surface area contributed by atoms with E-state index in [9.17, 15) is 9.18 Å². The summed E-state index contributed by atoms with van der Waals surface area (Å²) in [4.78, 5) is 13.7. The lowest BCUT2D eigenvalue weighted by Crippen LogP contribution is -2.24. The molecule has 0 N–H and O–H groups in total. The number of anilines is 1. The standard InChI is InChI=1S/C13H13BrFN3O/c1-17(2)10-6-12(19)18(16-7-10)8-9-4-3-5-11(15)13(9)14/h3-7H,8H2,1-2H3. The van der Waals surface area contributed by atoms with Crippen LogP contribution in [0.4, 0.5) is 10.1 Å². The zero-order valence-electron chi connectivity index (χ0n) is 10.6. The quantitative estimate of drug-likeness (QED) is 0.868. The molecule has 2 rings (SSSR count). The van der Waals surface area contributed by atoms with Crippen LogP contribution in [0, 0.1) is 5.82 Å². The van der Waals surface area contributed by atoms with Crippen LogP contribution in [0.15, 0.2) is 39.7 Å². The fraction of sp³-hybridized carbons (Fsp3) is 0.231. The fourth-order valence-corrected chi connectivity index (χ4v) is 2.01. The van der Waals surface area contributed by atoms with Gasteiger partial charge in [0, 0.05) is 20.2 Å². The van der Waals surface area contributed by atoms with Gasteiger partial charge in [-0.3, -0.25) is 4.79 Å². The lowest BCUT2D eigenvalue weighted by Gasteiger charge is -2.12. The lowest BCUT2D eigenvalue weighted by molar-refractivity contribution is 0.603.